The molecule has 0 heterocycles. The van der Waals surface area contributed by atoms with Crippen LogP contribution in [0.25, 0.3) is 0 Å². The number of anilines is 1. The Morgan fingerprint density at radius 3 is 2.45 bits per heavy atom. The van der Waals surface area contributed by atoms with Crippen LogP contribution in [0, 0.1) is 34.5 Å². The third kappa shape index (κ3) is 4.85. The average Bonchev–Trinajstić information content (AvgIpc) is 3.28. The van der Waals surface area contributed by atoms with E-state index in [-0.39, 0.29) is 28.3 Å². The van der Waals surface area contributed by atoms with Gasteiger partial charge >= 0.3 is 6.18 Å². The van der Waals surface area contributed by atoms with Crippen molar-refractivity contribution in [3.63, 3.8) is 0 Å². The highest BCUT2D eigenvalue weighted by atomic mass is 19.4. The highest BCUT2D eigenvalue weighted by molar-refractivity contribution is 5.97. The monoisotopic (exact) mass is 557 g/mol. The third-order valence-electron chi connectivity index (χ3n) is 11.7. The normalized spacial score (nSPS) is 33.8. The van der Waals surface area contributed by atoms with Crippen LogP contribution in [0.15, 0.2) is 35.4 Å². The minimum atomic E-state index is -4.51. The molecule has 1 amide bonds. The zero-order chi connectivity index (χ0) is 28.9. The molecule has 6 atom stereocenters. The Hall–Kier alpha value is -2.11. The van der Waals surface area contributed by atoms with Gasteiger partial charge in [0.15, 0.2) is 5.78 Å². The molecule has 40 heavy (non-hydrogen) atoms. The summed E-state index contributed by atoms with van der Waals surface area (Å²) in [5.74, 6) is 1.35. The van der Waals surface area contributed by atoms with E-state index in [9.17, 15) is 22.8 Å². The smallest absolute Gasteiger partial charge is 0.315 e. The van der Waals surface area contributed by atoms with Gasteiger partial charge in [-0.2, -0.15) is 13.2 Å². The van der Waals surface area contributed by atoms with Gasteiger partial charge in [0.2, 0.25) is 5.91 Å². The van der Waals surface area contributed by atoms with Crippen molar-refractivity contribution >= 4 is 17.4 Å². The number of halogens is 3. The summed E-state index contributed by atoms with van der Waals surface area (Å²) < 4.78 is 41.2. The van der Waals surface area contributed by atoms with E-state index in [0.717, 1.165) is 69.4 Å². The van der Waals surface area contributed by atoms with E-state index in [0.29, 0.717) is 30.0 Å². The van der Waals surface area contributed by atoms with Crippen LogP contribution in [0.1, 0.15) is 110 Å². The second-order valence-electron chi connectivity index (χ2n) is 13.6. The summed E-state index contributed by atoms with van der Waals surface area (Å²) in [6.45, 7) is 6.87. The van der Waals surface area contributed by atoms with Gasteiger partial charge in [-0.3, -0.25) is 9.59 Å². The number of benzene rings is 1. The lowest BCUT2D eigenvalue weighted by molar-refractivity contribution is -0.137. The second-order valence-corrected chi connectivity index (χ2v) is 13.6. The summed E-state index contributed by atoms with van der Waals surface area (Å²) in [7, 11) is 1.51. The fourth-order valence-corrected chi connectivity index (χ4v) is 9.61. The van der Waals surface area contributed by atoms with Gasteiger partial charge in [0.1, 0.15) is 0 Å². The van der Waals surface area contributed by atoms with Crippen LogP contribution in [-0.4, -0.2) is 18.7 Å². The molecule has 0 spiro atoms. The van der Waals surface area contributed by atoms with E-state index in [2.05, 4.69) is 20.8 Å². The summed E-state index contributed by atoms with van der Waals surface area (Å²) >= 11 is 0. The van der Waals surface area contributed by atoms with Crippen molar-refractivity contribution in [2.24, 2.45) is 34.5 Å². The van der Waals surface area contributed by atoms with E-state index in [4.69, 9.17) is 0 Å². The summed E-state index contributed by atoms with van der Waals surface area (Å²) in [4.78, 5) is 28.2. The van der Waals surface area contributed by atoms with Gasteiger partial charge in [-0.25, -0.2) is 0 Å². The first-order valence-electron chi connectivity index (χ1n) is 15.6. The van der Waals surface area contributed by atoms with Crippen molar-refractivity contribution in [2.45, 2.75) is 110 Å². The minimum Gasteiger partial charge on any atom is -0.315 e. The van der Waals surface area contributed by atoms with Crippen LogP contribution in [0.3, 0.4) is 0 Å². The molecule has 0 aliphatic heterocycles. The molecular weight excluding hydrogens is 511 g/mol. The summed E-state index contributed by atoms with van der Waals surface area (Å²) in [6, 6.07) is 5.41. The summed E-state index contributed by atoms with van der Waals surface area (Å²) in [6.07, 6.45) is 8.38. The lowest BCUT2D eigenvalue weighted by atomic mass is 9.46. The largest absolute Gasteiger partial charge is 0.418 e. The van der Waals surface area contributed by atoms with E-state index in [1.165, 1.54) is 48.9 Å². The molecule has 0 bridgehead atoms. The maximum absolute atomic E-state index is 13.9. The standard InChI is InChI=1S/C34H46F3NO2/c1-5-6-7-8-11-23-25-15-14-22-24-16-17-28(31(40)38(4)29-13-10-9-12-27(29)34(35,36)37)33(24,3)20-18-26(22)32(25,2)21-19-30(23)39/h9-10,12-13,22,24,26,28H,5-8,11,14-21H2,1-4H3/t22?,24?,26?,28-,32+,33+/m1/s1. The first-order chi connectivity index (χ1) is 18.9. The number of alkyl halides is 3. The van der Waals surface area contributed by atoms with Gasteiger partial charge in [0.05, 0.1) is 11.3 Å². The van der Waals surface area contributed by atoms with Gasteiger partial charge in [-0.15, -0.1) is 0 Å². The second kappa shape index (κ2) is 10.9. The van der Waals surface area contributed by atoms with E-state index in [1.54, 1.807) is 6.07 Å². The van der Waals surface area contributed by atoms with Crippen LogP contribution in [-0.2, 0) is 15.8 Å². The molecule has 3 fully saturated rings. The first-order valence-corrected chi connectivity index (χ1v) is 15.6. The van der Waals surface area contributed by atoms with Crippen molar-refractivity contribution in [1.82, 2.24) is 0 Å². The number of carbonyl (C=O) groups excluding carboxylic acids is 2. The Labute approximate surface area is 238 Å². The Morgan fingerprint density at radius 2 is 1.73 bits per heavy atom. The molecule has 0 radical (unpaired) electrons. The zero-order valence-corrected chi connectivity index (χ0v) is 24.7. The number of amides is 1. The van der Waals surface area contributed by atoms with Gasteiger partial charge in [-0.05, 0) is 104 Å². The first kappa shape index (κ1) is 29.4. The number of unbranched alkanes of at least 4 members (excludes halogenated alkanes) is 3. The number of hydrogen-bond acceptors (Lipinski definition) is 2. The van der Waals surface area contributed by atoms with Crippen LogP contribution in [0.4, 0.5) is 18.9 Å². The van der Waals surface area contributed by atoms with E-state index < -0.39 is 11.7 Å². The molecule has 3 saturated carbocycles. The van der Waals surface area contributed by atoms with E-state index >= 15 is 0 Å². The lowest BCUT2D eigenvalue weighted by Gasteiger charge is -2.58. The number of nitrogens with zero attached hydrogens (tertiary/aromatic N) is 1. The van der Waals surface area contributed by atoms with Crippen LogP contribution >= 0.6 is 0 Å². The Balaban J connectivity index is 1.37. The quantitative estimate of drug-likeness (QED) is 0.314. The summed E-state index contributed by atoms with van der Waals surface area (Å²) in [5, 5.41) is 0. The highest BCUT2D eigenvalue weighted by Gasteiger charge is 2.61. The Bertz CT molecular complexity index is 1170. The van der Waals surface area contributed by atoms with Crippen molar-refractivity contribution in [3.8, 4) is 0 Å². The van der Waals surface area contributed by atoms with Gasteiger partial charge in [0, 0.05) is 19.4 Å². The molecule has 0 saturated heterocycles. The zero-order valence-electron chi connectivity index (χ0n) is 24.7. The van der Waals surface area contributed by atoms with Crippen LogP contribution < -0.4 is 4.90 Å². The van der Waals surface area contributed by atoms with Crippen molar-refractivity contribution in [2.75, 3.05) is 11.9 Å². The fourth-order valence-electron chi connectivity index (χ4n) is 9.61. The molecule has 0 aromatic heterocycles. The number of fused-ring (bicyclic) bond motifs is 5. The molecule has 5 rings (SSSR count). The third-order valence-corrected chi connectivity index (χ3v) is 11.7. The predicted molar refractivity (Wildman–Crippen MR) is 153 cm³/mol. The molecule has 1 aromatic carbocycles. The number of ketones is 1. The van der Waals surface area contributed by atoms with Gasteiger partial charge in [-0.1, -0.05) is 57.7 Å². The fraction of sp³-hybridized carbons (Fsp3) is 0.706. The number of Topliss-reactive ketones (excluding diaryl/α,β-unsaturated/α-hetero) is 1. The minimum absolute atomic E-state index is 0.0565. The lowest BCUT2D eigenvalue weighted by Crippen LogP contribution is -2.52. The molecule has 4 aliphatic carbocycles. The van der Waals surface area contributed by atoms with Gasteiger partial charge < -0.3 is 4.90 Å². The number of rotatable bonds is 7. The molecule has 4 aliphatic rings. The molecule has 3 nitrogen and oxygen atoms in total. The highest BCUT2D eigenvalue weighted by Crippen LogP contribution is 2.67. The van der Waals surface area contributed by atoms with Gasteiger partial charge in [0.25, 0.3) is 0 Å². The number of carbonyl (C=O) groups is 2. The van der Waals surface area contributed by atoms with Crippen LogP contribution in [0.2, 0.25) is 0 Å². The number of hydrogen-bond donors (Lipinski definition) is 0. The molecule has 0 N–H and O–H groups in total. The van der Waals surface area contributed by atoms with E-state index in [1.807, 2.05) is 0 Å². The average molecular weight is 558 g/mol. The van der Waals surface area contributed by atoms with Crippen molar-refractivity contribution < 1.29 is 22.8 Å². The Kier molecular flexibility index (Phi) is 8.04. The maximum Gasteiger partial charge on any atom is 0.418 e. The van der Waals surface area contributed by atoms with Crippen molar-refractivity contribution in [1.29, 1.82) is 0 Å². The Morgan fingerprint density at radius 1 is 0.975 bits per heavy atom. The number of para-hydroxylation sites is 1. The molecule has 3 unspecified atom stereocenters. The van der Waals surface area contributed by atoms with Crippen LogP contribution in [0.5, 0.6) is 0 Å². The SMILES string of the molecule is CCCCCCC1=C2CCC3C(CC[C@@]4(C)C3CC[C@@H]4C(=O)N(C)c3ccccc3C(F)(F)F)[C@@]2(C)CCC1=O. The molecule has 1 aromatic rings. The topological polar surface area (TPSA) is 37.4 Å². The van der Waals surface area contributed by atoms with Crippen molar-refractivity contribution in [3.05, 3.63) is 41.0 Å². The predicted octanol–water partition coefficient (Wildman–Crippen LogP) is 9.16. The summed E-state index contributed by atoms with van der Waals surface area (Å²) in [5.41, 5.74) is 1.62. The molecular formula is C34H46F3NO2. The number of allylic oxidation sites excluding steroid dienone is 1. The molecule has 6 heteroatoms. The molecule has 220 valence electrons. The maximum atomic E-state index is 13.9.